The Morgan fingerprint density at radius 2 is 1.68 bits per heavy atom. The molecule has 34 heavy (non-hydrogen) atoms. The normalized spacial score (nSPS) is 14.1. The monoisotopic (exact) mass is 481 g/mol. The molecule has 0 aliphatic carbocycles. The third-order valence-electron chi connectivity index (χ3n) is 6.94. The molecule has 3 aromatic rings. The van der Waals surface area contributed by atoms with Gasteiger partial charge in [-0.3, -0.25) is 4.90 Å². The highest BCUT2D eigenvalue weighted by Crippen LogP contribution is 2.29. The molecule has 0 saturated carbocycles. The van der Waals surface area contributed by atoms with E-state index >= 15 is 0 Å². The molecule has 1 saturated heterocycles. The zero-order valence-corrected chi connectivity index (χ0v) is 21.4. The molecule has 4 rings (SSSR count). The maximum absolute atomic E-state index is 9.95. The first-order valence-corrected chi connectivity index (χ1v) is 12.9. The maximum atomic E-state index is 9.95. The Labute approximate surface area is 211 Å². The molecular formula is C30H40ClNO2. The minimum Gasteiger partial charge on any atom is -0.508 e. The lowest BCUT2D eigenvalue weighted by molar-refractivity contribution is 0.183. The van der Waals surface area contributed by atoms with Crippen molar-refractivity contribution in [2.75, 3.05) is 26.2 Å². The summed E-state index contributed by atoms with van der Waals surface area (Å²) in [5.74, 6) is 1.29. The van der Waals surface area contributed by atoms with Gasteiger partial charge in [0.2, 0.25) is 0 Å². The summed E-state index contributed by atoms with van der Waals surface area (Å²) >= 11 is 0. The van der Waals surface area contributed by atoms with Crippen LogP contribution in [0.1, 0.15) is 68.6 Å². The molecule has 1 aliphatic heterocycles. The Morgan fingerprint density at radius 1 is 0.882 bits per heavy atom. The van der Waals surface area contributed by atoms with Crippen molar-refractivity contribution in [2.45, 2.75) is 64.7 Å². The lowest BCUT2D eigenvalue weighted by Gasteiger charge is -2.26. The van der Waals surface area contributed by atoms with Gasteiger partial charge in [-0.25, -0.2) is 0 Å². The van der Waals surface area contributed by atoms with Crippen molar-refractivity contribution in [3.63, 3.8) is 0 Å². The van der Waals surface area contributed by atoms with Gasteiger partial charge in [0.1, 0.15) is 18.1 Å². The number of fused-ring (bicyclic) bond motifs is 1. The highest BCUT2D eigenvalue weighted by atomic mass is 35.5. The van der Waals surface area contributed by atoms with Gasteiger partial charge >= 0.3 is 0 Å². The van der Waals surface area contributed by atoms with Crippen LogP contribution in [0, 0.1) is 0 Å². The first kappa shape index (κ1) is 26.4. The number of nitrogens with zero attached hydrogens (tertiary/aromatic N) is 1. The summed E-state index contributed by atoms with van der Waals surface area (Å²) in [4.78, 5) is 2.51. The highest BCUT2D eigenvalue weighted by molar-refractivity contribution is 5.88. The quantitative estimate of drug-likeness (QED) is 0.287. The first-order chi connectivity index (χ1) is 16.2. The highest BCUT2D eigenvalue weighted by Gasteiger charge is 2.11. The van der Waals surface area contributed by atoms with Crippen molar-refractivity contribution in [3.8, 4) is 11.5 Å². The number of aromatic hydroxyl groups is 1. The van der Waals surface area contributed by atoms with E-state index in [1.54, 1.807) is 0 Å². The minimum absolute atomic E-state index is 0. The van der Waals surface area contributed by atoms with E-state index in [-0.39, 0.29) is 12.4 Å². The average Bonchev–Trinajstić information content (AvgIpc) is 2.84. The van der Waals surface area contributed by atoms with Crippen molar-refractivity contribution in [2.24, 2.45) is 0 Å². The molecule has 3 nitrogen and oxygen atoms in total. The number of piperidine rings is 1. The van der Waals surface area contributed by atoms with Crippen LogP contribution in [-0.4, -0.2) is 36.2 Å². The van der Waals surface area contributed by atoms with Crippen molar-refractivity contribution < 1.29 is 9.84 Å². The number of phenols is 1. The largest absolute Gasteiger partial charge is 0.508 e. The maximum Gasteiger partial charge on any atom is 0.119 e. The van der Waals surface area contributed by atoms with E-state index in [2.05, 4.69) is 54.3 Å². The zero-order chi connectivity index (χ0) is 22.9. The van der Waals surface area contributed by atoms with Gasteiger partial charge in [-0.05, 0) is 96.9 Å². The van der Waals surface area contributed by atoms with Gasteiger partial charge < -0.3 is 9.84 Å². The number of aryl methyl sites for hydroxylation is 1. The Balaban J connectivity index is 0.00000324. The van der Waals surface area contributed by atoms with E-state index < -0.39 is 0 Å². The Hall–Kier alpha value is -2.23. The van der Waals surface area contributed by atoms with Crippen molar-refractivity contribution in [1.29, 1.82) is 0 Å². The van der Waals surface area contributed by atoms with Crippen LogP contribution in [0.3, 0.4) is 0 Å². The van der Waals surface area contributed by atoms with Gasteiger partial charge in [0.05, 0.1) is 0 Å². The van der Waals surface area contributed by atoms with Crippen molar-refractivity contribution in [1.82, 2.24) is 4.90 Å². The van der Waals surface area contributed by atoms with Crippen LogP contribution in [0.15, 0.2) is 54.6 Å². The number of rotatable bonds is 11. The average molecular weight is 482 g/mol. The molecule has 0 amide bonds. The minimum atomic E-state index is 0. The lowest BCUT2D eigenvalue weighted by Crippen LogP contribution is -2.33. The Kier molecular flexibility index (Phi) is 10.6. The SMILES string of the molecule is CCCCCCc1ccc2cc(O)ccc2c1Cc1ccc(OCCN2CCCCC2)cc1.Cl. The van der Waals surface area contributed by atoms with Crippen LogP contribution < -0.4 is 4.74 Å². The summed E-state index contributed by atoms with van der Waals surface area (Å²) in [5.41, 5.74) is 4.13. The summed E-state index contributed by atoms with van der Waals surface area (Å²) < 4.78 is 6.03. The van der Waals surface area contributed by atoms with E-state index in [1.165, 1.54) is 80.1 Å². The number of hydrogen-bond donors (Lipinski definition) is 1. The van der Waals surface area contributed by atoms with E-state index in [9.17, 15) is 5.11 Å². The molecule has 0 unspecified atom stereocenters. The third kappa shape index (κ3) is 7.38. The fraction of sp³-hybridized carbons (Fsp3) is 0.467. The van der Waals surface area contributed by atoms with Gasteiger partial charge in [0.15, 0.2) is 0 Å². The molecule has 0 spiro atoms. The molecule has 0 atom stereocenters. The number of halogens is 1. The van der Waals surface area contributed by atoms with Crippen LogP contribution >= 0.6 is 12.4 Å². The molecule has 1 heterocycles. The molecule has 4 heteroatoms. The molecule has 0 aromatic heterocycles. The Morgan fingerprint density at radius 3 is 2.44 bits per heavy atom. The van der Waals surface area contributed by atoms with Gasteiger partial charge in [-0.2, -0.15) is 0 Å². The van der Waals surface area contributed by atoms with Crippen LogP contribution in [0.2, 0.25) is 0 Å². The van der Waals surface area contributed by atoms with Gasteiger partial charge in [-0.15, -0.1) is 12.4 Å². The molecule has 1 N–H and O–H groups in total. The number of ether oxygens (including phenoxy) is 1. The molecule has 0 radical (unpaired) electrons. The fourth-order valence-corrected chi connectivity index (χ4v) is 5.00. The number of hydrogen-bond acceptors (Lipinski definition) is 3. The molecule has 1 fully saturated rings. The predicted octanol–water partition coefficient (Wildman–Crippen LogP) is 7.55. The van der Waals surface area contributed by atoms with Crippen LogP contribution in [-0.2, 0) is 12.8 Å². The fourth-order valence-electron chi connectivity index (χ4n) is 5.00. The lowest BCUT2D eigenvalue weighted by atomic mass is 9.91. The third-order valence-corrected chi connectivity index (χ3v) is 6.94. The second kappa shape index (κ2) is 13.6. The van der Waals surface area contributed by atoms with Gasteiger partial charge in [0, 0.05) is 6.54 Å². The topological polar surface area (TPSA) is 32.7 Å². The smallest absolute Gasteiger partial charge is 0.119 e. The summed E-state index contributed by atoms with van der Waals surface area (Å²) in [7, 11) is 0. The molecule has 1 aliphatic rings. The number of unbranched alkanes of at least 4 members (excludes halogenated alkanes) is 3. The standard InChI is InChI=1S/C30H39NO2.ClH/c1-2-3-4-6-9-25-12-13-26-23-27(32)14-17-29(26)30(25)22-24-10-15-28(16-11-24)33-21-20-31-18-7-5-8-19-31;/h10-17,23,32H,2-9,18-22H2,1H3;1H. The summed E-state index contributed by atoms with van der Waals surface area (Å²) in [6.45, 7) is 6.47. The first-order valence-electron chi connectivity index (χ1n) is 12.9. The van der Waals surface area contributed by atoms with Crippen LogP contribution in [0.5, 0.6) is 11.5 Å². The van der Waals surface area contributed by atoms with E-state index in [4.69, 9.17) is 4.74 Å². The summed E-state index contributed by atoms with van der Waals surface area (Å²) in [5, 5.41) is 12.3. The van der Waals surface area contributed by atoms with Crippen molar-refractivity contribution in [3.05, 3.63) is 71.3 Å². The number of likely N-dealkylation sites (tertiary alicyclic amines) is 1. The van der Waals surface area contributed by atoms with Gasteiger partial charge in [-0.1, -0.05) is 62.9 Å². The van der Waals surface area contributed by atoms with E-state index in [1.807, 2.05) is 12.1 Å². The molecular weight excluding hydrogens is 442 g/mol. The summed E-state index contributed by atoms with van der Waals surface area (Å²) in [6.07, 6.45) is 11.1. The van der Waals surface area contributed by atoms with E-state index in [0.29, 0.717) is 5.75 Å². The molecule has 0 bridgehead atoms. The number of phenolic OH excluding ortho intramolecular Hbond substituents is 1. The van der Waals surface area contributed by atoms with Crippen LogP contribution in [0.4, 0.5) is 0 Å². The van der Waals surface area contributed by atoms with Crippen LogP contribution in [0.25, 0.3) is 10.8 Å². The summed E-state index contributed by atoms with van der Waals surface area (Å²) in [6, 6.07) is 18.8. The predicted molar refractivity (Wildman–Crippen MR) is 146 cm³/mol. The number of benzene rings is 3. The molecule has 3 aromatic carbocycles. The molecule has 184 valence electrons. The van der Waals surface area contributed by atoms with Crippen molar-refractivity contribution >= 4 is 23.2 Å². The van der Waals surface area contributed by atoms with E-state index in [0.717, 1.165) is 37.1 Å². The Bertz CT molecular complexity index is 1010. The second-order valence-corrected chi connectivity index (χ2v) is 9.49. The second-order valence-electron chi connectivity index (χ2n) is 9.49. The zero-order valence-electron chi connectivity index (χ0n) is 20.6. The van der Waals surface area contributed by atoms with Gasteiger partial charge in [0.25, 0.3) is 0 Å².